The smallest absolute Gasteiger partial charge is 0.0991 e. The Labute approximate surface area is 173 Å². The van der Waals surface area contributed by atoms with Crippen LogP contribution in [0, 0.1) is 0 Å². The lowest BCUT2D eigenvalue weighted by Gasteiger charge is -2.16. The summed E-state index contributed by atoms with van der Waals surface area (Å²) in [6.45, 7) is 1.74. The lowest BCUT2D eigenvalue weighted by molar-refractivity contribution is 0.643. The van der Waals surface area contributed by atoms with Gasteiger partial charge in [-0.3, -0.25) is 0 Å². The van der Waals surface area contributed by atoms with E-state index in [2.05, 4.69) is 87.5 Å². The van der Waals surface area contributed by atoms with Crippen LogP contribution in [0.1, 0.15) is 21.9 Å². The molecule has 0 saturated heterocycles. The van der Waals surface area contributed by atoms with Crippen LogP contribution in [0.4, 0.5) is 0 Å². The minimum atomic E-state index is 0.330. The Morgan fingerprint density at radius 1 is 1.03 bits per heavy atom. The summed E-state index contributed by atoms with van der Waals surface area (Å²) in [7, 11) is 0. The van der Waals surface area contributed by atoms with E-state index in [9.17, 15) is 0 Å². The summed E-state index contributed by atoms with van der Waals surface area (Å²) in [5.41, 5.74) is 4.95. The Kier molecular flexibility index (Phi) is 4.99. The van der Waals surface area contributed by atoms with Crippen molar-refractivity contribution >= 4 is 22.2 Å². The monoisotopic (exact) mass is 398 g/mol. The predicted octanol–water partition coefficient (Wildman–Crippen LogP) is 5.34. The van der Waals surface area contributed by atoms with Crippen LogP contribution in [0.15, 0.2) is 91.0 Å². The van der Waals surface area contributed by atoms with Crippen molar-refractivity contribution in [3.63, 3.8) is 0 Å². The molecule has 5 aromatic rings. The number of fused-ring (bicyclic) bond motifs is 1. The van der Waals surface area contributed by atoms with Crippen molar-refractivity contribution in [1.29, 1.82) is 0 Å². The fourth-order valence-electron chi connectivity index (χ4n) is 3.79. The molecule has 3 aromatic heterocycles. The third-order valence-electron chi connectivity index (χ3n) is 5.30. The van der Waals surface area contributed by atoms with Crippen molar-refractivity contribution in [3.05, 3.63) is 107 Å². The molecule has 0 aliphatic heterocycles. The summed E-state index contributed by atoms with van der Waals surface area (Å²) < 4.78 is 2.01. The molecule has 29 heavy (non-hydrogen) atoms. The highest BCUT2D eigenvalue weighted by molar-refractivity contribution is 7.10. The molecule has 4 nitrogen and oxygen atoms in total. The minimum Gasteiger partial charge on any atom is -0.361 e. The van der Waals surface area contributed by atoms with Crippen molar-refractivity contribution in [2.24, 2.45) is 0 Å². The van der Waals surface area contributed by atoms with Gasteiger partial charge in [0, 0.05) is 59.1 Å². The highest BCUT2D eigenvalue weighted by Gasteiger charge is 2.18. The summed E-state index contributed by atoms with van der Waals surface area (Å²) >= 11 is 1.82. The van der Waals surface area contributed by atoms with E-state index in [4.69, 9.17) is 0 Å². The number of imidazole rings is 1. The van der Waals surface area contributed by atoms with Gasteiger partial charge in [0.15, 0.2) is 0 Å². The molecular weight excluding hydrogens is 376 g/mol. The van der Waals surface area contributed by atoms with Gasteiger partial charge < -0.3 is 14.9 Å². The summed E-state index contributed by atoms with van der Waals surface area (Å²) in [5, 5.41) is 7.13. The van der Waals surface area contributed by atoms with E-state index in [0.717, 1.165) is 18.8 Å². The number of nitrogens with one attached hydrogen (secondary N) is 2. The highest BCUT2D eigenvalue weighted by atomic mass is 32.1. The molecular formula is C24H22N4S. The van der Waals surface area contributed by atoms with E-state index in [1.165, 1.54) is 26.9 Å². The van der Waals surface area contributed by atoms with Gasteiger partial charge in [-0.1, -0.05) is 36.4 Å². The SMILES string of the molecule is c1csc([C@H](CNCc2ccc(-n3ccnc3)cc2)c2c[nH]c3ccccc23)c1. The zero-order valence-electron chi connectivity index (χ0n) is 16.0. The van der Waals surface area contributed by atoms with E-state index in [1.54, 1.807) is 6.20 Å². The van der Waals surface area contributed by atoms with Crippen molar-refractivity contribution in [3.8, 4) is 5.69 Å². The molecule has 0 aliphatic rings. The lowest BCUT2D eigenvalue weighted by Crippen LogP contribution is -2.21. The van der Waals surface area contributed by atoms with E-state index < -0.39 is 0 Å². The number of hydrogen-bond donors (Lipinski definition) is 2. The van der Waals surface area contributed by atoms with Gasteiger partial charge in [0.25, 0.3) is 0 Å². The van der Waals surface area contributed by atoms with Crippen LogP contribution in [0.3, 0.4) is 0 Å². The molecule has 0 amide bonds. The third kappa shape index (κ3) is 3.75. The van der Waals surface area contributed by atoms with Crippen LogP contribution in [0.25, 0.3) is 16.6 Å². The van der Waals surface area contributed by atoms with Gasteiger partial charge in [-0.2, -0.15) is 0 Å². The molecule has 0 unspecified atom stereocenters. The topological polar surface area (TPSA) is 45.6 Å². The molecule has 1 atom stereocenters. The molecule has 2 N–H and O–H groups in total. The predicted molar refractivity (Wildman–Crippen MR) is 120 cm³/mol. The normalized spacial score (nSPS) is 12.4. The summed E-state index contributed by atoms with van der Waals surface area (Å²) in [6, 6.07) is 21.5. The number of thiophene rings is 1. The summed E-state index contributed by atoms with van der Waals surface area (Å²) in [5.74, 6) is 0.330. The molecule has 0 saturated carbocycles. The Bertz CT molecular complexity index is 1170. The minimum absolute atomic E-state index is 0.330. The maximum absolute atomic E-state index is 4.11. The van der Waals surface area contributed by atoms with Crippen LogP contribution in [-0.4, -0.2) is 21.1 Å². The zero-order chi connectivity index (χ0) is 19.5. The van der Waals surface area contributed by atoms with Gasteiger partial charge in [0.05, 0.1) is 6.33 Å². The first-order valence-corrected chi connectivity index (χ1v) is 10.6. The number of aromatic amines is 1. The van der Waals surface area contributed by atoms with Crippen LogP contribution in [-0.2, 0) is 6.54 Å². The molecule has 5 heteroatoms. The lowest BCUT2D eigenvalue weighted by atomic mass is 9.96. The Morgan fingerprint density at radius 2 is 1.93 bits per heavy atom. The first-order valence-electron chi connectivity index (χ1n) is 9.76. The molecule has 2 aromatic carbocycles. The fourth-order valence-corrected chi connectivity index (χ4v) is 4.64. The molecule has 0 radical (unpaired) electrons. The van der Waals surface area contributed by atoms with Crippen molar-refractivity contribution in [2.75, 3.05) is 6.54 Å². The molecule has 0 aliphatic carbocycles. The van der Waals surface area contributed by atoms with Gasteiger partial charge in [-0.25, -0.2) is 4.98 Å². The maximum Gasteiger partial charge on any atom is 0.0991 e. The second kappa shape index (κ2) is 8.07. The van der Waals surface area contributed by atoms with Crippen LogP contribution >= 0.6 is 11.3 Å². The number of hydrogen-bond acceptors (Lipinski definition) is 3. The average molecular weight is 399 g/mol. The molecule has 5 rings (SSSR count). The van der Waals surface area contributed by atoms with Crippen LogP contribution in [0.5, 0.6) is 0 Å². The molecule has 144 valence electrons. The average Bonchev–Trinajstić information content (AvgIpc) is 3.54. The Morgan fingerprint density at radius 3 is 2.72 bits per heavy atom. The van der Waals surface area contributed by atoms with E-state index >= 15 is 0 Å². The Balaban J connectivity index is 1.31. The first-order chi connectivity index (χ1) is 14.4. The van der Waals surface area contributed by atoms with E-state index in [0.29, 0.717) is 5.92 Å². The third-order valence-corrected chi connectivity index (χ3v) is 6.29. The summed E-state index contributed by atoms with van der Waals surface area (Å²) in [4.78, 5) is 8.92. The number of para-hydroxylation sites is 1. The van der Waals surface area contributed by atoms with E-state index in [1.807, 2.05) is 28.4 Å². The quantitative estimate of drug-likeness (QED) is 0.389. The number of H-pyrrole nitrogens is 1. The van der Waals surface area contributed by atoms with Crippen LogP contribution in [0.2, 0.25) is 0 Å². The second-order valence-electron chi connectivity index (χ2n) is 7.12. The van der Waals surface area contributed by atoms with Crippen molar-refractivity contribution < 1.29 is 0 Å². The highest BCUT2D eigenvalue weighted by Crippen LogP contribution is 2.32. The number of aromatic nitrogens is 3. The Hall–Kier alpha value is -3.15. The number of nitrogens with zero attached hydrogens (tertiary/aromatic N) is 2. The standard InChI is InChI=1S/C24H22N4S/c1-2-5-23-20(4-1)21(16-27-23)22(24-6-3-13-29-24)15-26-14-18-7-9-19(10-8-18)28-12-11-25-17-28/h1-13,16-17,22,26-27H,14-15H2/t22-/m1/s1. The molecule has 0 fully saturated rings. The van der Waals surface area contributed by atoms with Crippen molar-refractivity contribution in [2.45, 2.75) is 12.5 Å². The largest absolute Gasteiger partial charge is 0.361 e. The van der Waals surface area contributed by atoms with E-state index in [-0.39, 0.29) is 0 Å². The van der Waals surface area contributed by atoms with Gasteiger partial charge in [0.2, 0.25) is 0 Å². The first kappa shape index (κ1) is 17.9. The van der Waals surface area contributed by atoms with Crippen LogP contribution < -0.4 is 5.32 Å². The number of rotatable bonds is 7. The molecule has 0 bridgehead atoms. The maximum atomic E-state index is 4.11. The van der Waals surface area contributed by atoms with Gasteiger partial charge in [-0.05, 0) is 40.8 Å². The zero-order valence-corrected chi connectivity index (χ0v) is 16.8. The fraction of sp³-hybridized carbons (Fsp3) is 0.125. The second-order valence-corrected chi connectivity index (χ2v) is 8.10. The van der Waals surface area contributed by atoms with Gasteiger partial charge in [-0.15, -0.1) is 11.3 Å². The van der Waals surface area contributed by atoms with Crippen molar-refractivity contribution in [1.82, 2.24) is 19.9 Å². The molecule has 3 heterocycles. The van der Waals surface area contributed by atoms with Gasteiger partial charge >= 0.3 is 0 Å². The number of benzene rings is 2. The van der Waals surface area contributed by atoms with Gasteiger partial charge in [0.1, 0.15) is 0 Å². The summed E-state index contributed by atoms with van der Waals surface area (Å²) in [6.07, 6.45) is 7.74. The molecule has 0 spiro atoms.